The molecule has 3 fully saturated rings. The lowest BCUT2D eigenvalue weighted by molar-refractivity contribution is -0.384. The van der Waals surface area contributed by atoms with Crippen LogP contribution < -0.4 is 9.80 Å². The Hall–Kier alpha value is -5.61. The van der Waals surface area contributed by atoms with Crippen molar-refractivity contribution in [2.75, 3.05) is 9.80 Å². The number of phenols is 1. The predicted molar refractivity (Wildman–Crippen MR) is 180 cm³/mol. The molecular weight excluding hydrogens is 646 g/mol. The zero-order chi connectivity index (χ0) is 34.2. The van der Waals surface area contributed by atoms with Crippen molar-refractivity contribution in [3.05, 3.63) is 141 Å². The molecule has 2 aliphatic carbocycles. The SMILES string of the molecule is O=C1[C@H]2[C@H](CC=C3[C@H]2C[C@H]2C(=O)N(c4cccc(Cl)c4)C(=O)[C@@]2(c2ccccc2)[C@H]3c2ccc(O)cc2)C(=O)N1c1ccc([N+](=O)[O-])cc1. The third-order valence-corrected chi connectivity index (χ3v) is 10.9. The number of rotatable bonds is 5. The van der Waals surface area contributed by atoms with E-state index in [0.29, 0.717) is 21.8 Å². The summed E-state index contributed by atoms with van der Waals surface area (Å²) in [6.45, 7) is 0. The Morgan fingerprint density at radius 3 is 2.16 bits per heavy atom. The first-order valence-electron chi connectivity index (χ1n) is 15.9. The Morgan fingerprint density at radius 1 is 0.776 bits per heavy atom. The molecule has 4 amide bonds. The standard InChI is InChI=1S/C38H28ClN3O7/c39-23-7-4-8-26(19-23)41-35(45)31-20-30-28(17-18-29-32(30)36(46)40(34(29)44)24-11-13-25(14-12-24)42(48)49)33(21-9-15-27(43)16-10-21)38(31,37(41)47)22-5-2-1-3-6-22/h1-17,19,29-33,43H,18,20H2/t29-,30+,31-,32-,33-,38+/m0/s1. The number of fused-ring (bicyclic) bond motifs is 4. The fraction of sp³-hybridized carbons (Fsp3) is 0.211. The minimum Gasteiger partial charge on any atom is -0.508 e. The number of imide groups is 2. The fourth-order valence-electron chi connectivity index (χ4n) is 8.76. The summed E-state index contributed by atoms with van der Waals surface area (Å²) < 4.78 is 0. The van der Waals surface area contributed by atoms with E-state index in [9.17, 15) is 29.6 Å². The van der Waals surface area contributed by atoms with Crippen LogP contribution in [-0.2, 0) is 24.6 Å². The van der Waals surface area contributed by atoms with Crippen LogP contribution in [-0.4, -0.2) is 33.7 Å². The lowest BCUT2D eigenvalue weighted by Gasteiger charge is -2.50. The number of nitro groups is 1. The third-order valence-electron chi connectivity index (χ3n) is 10.7. The van der Waals surface area contributed by atoms with Gasteiger partial charge in [0.05, 0.1) is 39.5 Å². The predicted octanol–water partition coefficient (Wildman–Crippen LogP) is 6.32. The van der Waals surface area contributed by atoms with Crippen LogP contribution in [0.3, 0.4) is 0 Å². The van der Waals surface area contributed by atoms with E-state index in [0.717, 1.165) is 10.5 Å². The summed E-state index contributed by atoms with van der Waals surface area (Å²) in [5.74, 6) is -5.42. The van der Waals surface area contributed by atoms with Crippen molar-refractivity contribution in [3.8, 4) is 5.75 Å². The molecule has 4 aromatic rings. The van der Waals surface area contributed by atoms with E-state index in [1.54, 1.807) is 36.4 Å². The molecule has 49 heavy (non-hydrogen) atoms. The van der Waals surface area contributed by atoms with Gasteiger partial charge in [-0.1, -0.05) is 71.8 Å². The van der Waals surface area contributed by atoms with Crippen LogP contribution >= 0.6 is 11.6 Å². The molecule has 0 unspecified atom stereocenters. The van der Waals surface area contributed by atoms with Gasteiger partial charge in [-0.25, -0.2) is 4.90 Å². The molecule has 244 valence electrons. The highest BCUT2D eigenvalue weighted by Crippen LogP contribution is 2.64. The molecule has 11 heteroatoms. The smallest absolute Gasteiger partial charge is 0.269 e. The Kier molecular flexibility index (Phi) is 7.04. The van der Waals surface area contributed by atoms with Crippen molar-refractivity contribution in [1.29, 1.82) is 0 Å². The van der Waals surface area contributed by atoms with E-state index in [1.807, 2.05) is 36.4 Å². The molecule has 1 saturated carbocycles. The number of carbonyl (C=O) groups excluding carboxylic acids is 4. The van der Waals surface area contributed by atoms with Gasteiger partial charge in [-0.2, -0.15) is 0 Å². The molecule has 0 spiro atoms. The second kappa shape index (κ2) is 11.2. The summed E-state index contributed by atoms with van der Waals surface area (Å²) in [5, 5.41) is 21.9. The number of hydrogen-bond acceptors (Lipinski definition) is 7. The lowest BCUT2D eigenvalue weighted by Crippen LogP contribution is -2.53. The van der Waals surface area contributed by atoms with Gasteiger partial charge in [-0.3, -0.25) is 34.2 Å². The molecule has 0 bridgehead atoms. The maximum atomic E-state index is 15.2. The first-order valence-corrected chi connectivity index (χ1v) is 16.3. The molecule has 2 aliphatic heterocycles. The average molecular weight is 674 g/mol. The van der Waals surface area contributed by atoms with Gasteiger partial charge < -0.3 is 5.11 Å². The molecular formula is C38H28ClN3O7. The van der Waals surface area contributed by atoms with Gasteiger partial charge in [0.2, 0.25) is 23.6 Å². The normalized spacial score (nSPS) is 27.4. The van der Waals surface area contributed by atoms with E-state index in [1.165, 1.54) is 41.3 Å². The maximum Gasteiger partial charge on any atom is 0.269 e. The highest BCUT2D eigenvalue weighted by Gasteiger charge is 2.70. The van der Waals surface area contributed by atoms with E-state index >= 15 is 4.79 Å². The summed E-state index contributed by atoms with van der Waals surface area (Å²) in [7, 11) is 0. The number of carbonyl (C=O) groups is 4. The summed E-state index contributed by atoms with van der Waals surface area (Å²) >= 11 is 6.35. The molecule has 1 N–H and O–H groups in total. The van der Waals surface area contributed by atoms with E-state index in [-0.39, 0.29) is 30.0 Å². The number of nitro benzene ring substituents is 1. The van der Waals surface area contributed by atoms with Crippen molar-refractivity contribution < 1.29 is 29.2 Å². The van der Waals surface area contributed by atoms with Crippen molar-refractivity contribution in [2.45, 2.75) is 24.2 Å². The van der Waals surface area contributed by atoms with Crippen molar-refractivity contribution in [2.24, 2.45) is 23.7 Å². The highest BCUT2D eigenvalue weighted by atomic mass is 35.5. The molecule has 8 rings (SSSR count). The summed E-state index contributed by atoms with van der Waals surface area (Å²) in [6.07, 6.45) is 2.31. The number of phenolic OH excluding ortho intramolecular Hbond substituents is 1. The zero-order valence-corrected chi connectivity index (χ0v) is 26.6. The van der Waals surface area contributed by atoms with Gasteiger partial charge in [0, 0.05) is 23.1 Å². The largest absolute Gasteiger partial charge is 0.508 e. The number of halogens is 1. The number of non-ortho nitro benzene ring substituents is 1. The maximum absolute atomic E-state index is 15.2. The second-order valence-corrected chi connectivity index (χ2v) is 13.4. The second-order valence-electron chi connectivity index (χ2n) is 13.0. The van der Waals surface area contributed by atoms with Crippen LogP contribution in [0.25, 0.3) is 0 Å². The molecule has 10 nitrogen and oxygen atoms in total. The van der Waals surface area contributed by atoms with Gasteiger partial charge >= 0.3 is 0 Å². The number of hydrogen-bond donors (Lipinski definition) is 1. The summed E-state index contributed by atoms with van der Waals surface area (Å²) in [6, 6.07) is 27.6. The molecule has 2 heterocycles. The van der Waals surface area contributed by atoms with Crippen LogP contribution in [0.1, 0.15) is 29.9 Å². The van der Waals surface area contributed by atoms with E-state index in [4.69, 9.17) is 11.6 Å². The first kappa shape index (κ1) is 30.7. The van der Waals surface area contributed by atoms with Crippen LogP contribution in [0.15, 0.2) is 115 Å². The Balaban J connectivity index is 1.31. The van der Waals surface area contributed by atoms with Gasteiger partial charge in [0.25, 0.3) is 5.69 Å². The number of anilines is 2. The molecule has 4 aromatic carbocycles. The van der Waals surface area contributed by atoms with E-state index < -0.39 is 63.6 Å². The minimum absolute atomic E-state index is 0.0313. The number of amides is 4. The highest BCUT2D eigenvalue weighted by molar-refractivity contribution is 6.32. The van der Waals surface area contributed by atoms with Gasteiger partial charge in [-0.05, 0) is 72.4 Å². The van der Waals surface area contributed by atoms with E-state index in [2.05, 4.69) is 0 Å². The average Bonchev–Trinajstić information content (AvgIpc) is 3.49. The van der Waals surface area contributed by atoms with Gasteiger partial charge in [0.1, 0.15) is 5.75 Å². The van der Waals surface area contributed by atoms with Crippen molar-refractivity contribution in [3.63, 3.8) is 0 Å². The quantitative estimate of drug-likeness (QED) is 0.113. The molecule has 0 radical (unpaired) electrons. The molecule has 6 atom stereocenters. The Labute approximate surface area is 285 Å². The lowest BCUT2D eigenvalue weighted by atomic mass is 9.49. The van der Waals surface area contributed by atoms with Gasteiger partial charge in [-0.15, -0.1) is 0 Å². The van der Waals surface area contributed by atoms with Crippen molar-refractivity contribution >= 4 is 52.3 Å². The Bertz CT molecular complexity index is 2100. The Morgan fingerprint density at radius 2 is 1.49 bits per heavy atom. The first-order chi connectivity index (χ1) is 23.6. The summed E-state index contributed by atoms with van der Waals surface area (Å²) in [5.41, 5.74) is 1.09. The zero-order valence-electron chi connectivity index (χ0n) is 25.8. The number of benzene rings is 4. The number of aromatic hydroxyl groups is 1. The molecule has 4 aliphatic rings. The van der Waals surface area contributed by atoms with Crippen LogP contribution in [0.4, 0.5) is 17.1 Å². The fourth-order valence-corrected chi connectivity index (χ4v) is 8.95. The summed E-state index contributed by atoms with van der Waals surface area (Å²) in [4.78, 5) is 71.2. The topological polar surface area (TPSA) is 138 Å². The number of allylic oxidation sites excluding steroid dienone is 2. The minimum atomic E-state index is -1.42. The van der Waals surface area contributed by atoms with Crippen LogP contribution in [0.2, 0.25) is 5.02 Å². The molecule has 0 aromatic heterocycles. The van der Waals surface area contributed by atoms with Gasteiger partial charge in [0.15, 0.2) is 0 Å². The third kappa shape index (κ3) is 4.40. The molecule has 2 saturated heterocycles. The van der Waals surface area contributed by atoms with Crippen LogP contribution in [0.5, 0.6) is 5.75 Å². The monoisotopic (exact) mass is 673 g/mol. The van der Waals surface area contributed by atoms with Crippen molar-refractivity contribution in [1.82, 2.24) is 0 Å². The number of nitrogens with zero attached hydrogens (tertiary/aromatic N) is 3. The van der Waals surface area contributed by atoms with Crippen LogP contribution in [0, 0.1) is 33.8 Å².